The molecule has 1 amide bonds. The maximum absolute atomic E-state index is 13.6. The Morgan fingerprint density at radius 2 is 1.71 bits per heavy atom. The number of hydrogen-bond donors (Lipinski definition) is 1. The van der Waals surface area contributed by atoms with Crippen molar-refractivity contribution in [1.82, 2.24) is 24.3 Å². The van der Waals surface area contributed by atoms with Crippen molar-refractivity contribution in [1.29, 1.82) is 0 Å². The lowest BCUT2D eigenvalue weighted by Gasteiger charge is -2.28. The molecule has 2 aromatic heterocycles. The van der Waals surface area contributed by atoms with Crippen molar-refractivity contribution < 1.29 is 9.59 Å². The first-order chi connectivity index (χ1) is 16.8. The van der Waals surface area contributed by atoms with Crippen molar-refractivity contribution in [2.24, 2.45) is 0 Å². The van der Waals surface area contributed by atoms with E-state index in [2.05, 4.69) is 14.9 Å². The van der Waals surface area contributed by atoms with Crippen LogP contribution in [0.25, 0.3) is 21.7 Å². The standard InChI is InChI=1S/C27H30N6O2/c1-4-32(14-13-31(2)3)25(35)27(11-12-27)20-9-10-22-21(15-20)23(30-26(28)29-22)24(34)33-16-18-7-5-6-8-19(18)17-33/h5-10,15-17H,4,11-14H2,1-3H3,(H2,28,29,30). The topological polar surface area (TPSA) is 97.3 Å². The fraction of sp³-hybridized carbons (Fsp3) is 0.333. The molecule has 0 radical (unpaired) electrons. The van der Waals surface area contributed by atoms with Crippen LogP contribution in [0.5, 0.6) is 0 Å². The number of nitrogen functional groups attached to an aromatic ring is 1. The number of likely N-dealkylation sites (N-methyl/N-ethyl adjacent to an activating group) is 2. The molecule has 1 saturated carbocycles. The summed E-state index contributed by atoms with van der Waals surface area (Å²) in [5.74, 6) is -0.0970. The van der Waals surface area contributed by atoms with Crippen molar-refractivity contribution in [2.75, 3.05) is 39.5 Å². The molecule has 0 unspecified atom stereocenters. The zero-order valence-electron chi connectivity index (χ0n) is 20.4. The molecule has 1 aliphatic rings. The number of rotatable bonds is 7. The van der Waals surface area contributed by atoms with Crippen molar-refractivity contribution in [2.45, 2.75) is 25.2 Å². The Morgan fingerprint density at radius 1 is 1.03 bits per heavy atom. The van der Waals surface area contributed by atoms with Crippen LogP contribution < -0.4 is 5.73 Å². The van der Waals surface area contributed by atoms with Crippen LogP contribution in [0.3, 0.4) is 0 Å². The van der Waals surface area contributed by atoms with E-state index < -0.39 is 5.41 Å². The van der Waals surface area contributed by atoms with Gasteiger partial charge in [0.25, 0.3) is 5.91 Å². The maximum Gasteiger partial charge on any atom is 0.281 e. The molecule has 180 valence electrons. The van der Waals surface area contributed by atoms with Gasteiger partial charge in [0.2, 0.25) is 11.9 Å². The molecule has 0 atom stereocenters. The molecular formula is C27H30N6O2. The summed E-state index contributed by atoms with van der Waals surface area (Å²) in [5.41, 5.74) is 7.13. The molecule has 2 aromatic carbocycles. The zero-order valence-corrected chi connectivity index (χ0v) is 20.4. The van der Waals surface area contributed by atoms with Gasteiger partial charge in [-0.15, -0.1) is 0 Å². The molecule has 8 nitrogen and oxygen atoms in total. The molecular weight excluding hydrogens is 440 g/mol. The number of nitrogens with two attached hydrogens (primary N) is 1. The van der Waals surface area contributed by atoms with Crippen LogP contribution in [0, 0.1) is 0 Å². The van der Waals surface area contributed by atoms with E-state index in [1.165, 1.54) is 4.57 Å². The van der Waals surface area contributed by atoms with Gasteiger partial charge in [0.15, 0.2) is 0 Å². The number of carbonyl (C=O) groups excluding carboxylic acids is 2. The SMILES string of the molecule is CCN(CCN(C)C)C(=O)C1(c2ccc3nc(N)nc(C(=O)n4cc5ccccc5c4)c3c2)CC1. The predicted molar refractivity (Wildman–Crippen MR) is 137 cm³/mol. The Kier molecular flexibility index (Phi) is 5.76. The van der Waals surface area contributed by atoms with E-state index in [0.717, 1.165) is 35.7 Å². The highest BCUT2D eigenvalue weighted by Crippen LogP contribution is 2.50. The van der Waals surface area contributed by atoms with Crippen LogP contribution in [0.2, 0.25) is 0 Å². The number of anilines is 1. The Morgan fingerprint density at radius 3 is 2.31 bits per heavy atom. The quantitative estimate of drug-likeness (QED) is 0.445. The summed E-state index contributed by atoms with van der Waals surface area (Å²) in [7, 11) is 4.01. The van der Waals surface area contributed by atoms with Gasteiger partial charge >= 0.3 is 0 Å². The second-order valence-electron chi connectivity index (χ2n) is 9.53. The summed E-state index contributed by atoms with van der Waals surface area (Å²) in [4.78, 5) is 39.8. The third-order valence-electron chi connectivity index (χ3n) is 6.90. The summed E-state index contributed by atoms with van der Waals surface area (Å²) in [6.45, 7) is 4.16. The predicted octanol–water partition coefficient (Wildman–Crippen LogP) is 3.30. The van der Waals surface area contributed by atoms with Crippen LogP contribution in [0.15, 0.2) is 54.9 Å². The lowest BCUT2D eigenvalue weighted by atomic mass is 9.92. The van der Waals surface area contributed by atoms with Gasteiger partial charge in [0.1, 0.15) is 5.69 Å². The molecule has 4 aromatic rings. The van der Waals surface area contributed by atoms with Crippen molar-refractivity contribution in [3.8, 4) is 0 Å². The smallest absolute Gasteiger partial charge is 0.281 e. The Labute approximate surface area is 204 Å². The molecule has 0 aliphatic heterocycles. The third kappa shape index (κ3) is 4.14. The van der Waals surface area contributed by atoms with Crippen LogP contribution >= 0.6 is 0 Å². The van der Waals surface area contributed by atoms with E-state index in [1.54, 1.807) is 12.4 Å². The van der Waals surface area contributed by atoms with Crippen molar-refractivity contribution in [3.63, 3.8) is 0 Å². The van der Waals surface area contributed by atoms with Crippen molar-refractivity contribution >= 4 is 39.4 Å². The molecule has 5 rings (SSSR count). The summed E-state index contributed by atoms with van der Waals surface area (Å²) in [6, 6.07) is 13.5. The summed E-state index contributed by atoms with van der Waals surface area (Å²) in [5, 5.41) is 2.54. The lowest BCUT2D eigenvalue weighted by molar-refractivity contribution is -0.133. The summed E-state index contributed by atoms with van der Waals surface area (Å²) < 4.78 is 1.54. The Balaban J connectivity index is 1.55. The normalized spacial score (nSPS) is 14.5. The molecule has 8 heteroatoms. The first-order valence-electron chi connectivity index (χ1n) is 12.0. The molecule has 1 aliphatic carbocycles. The molecule has 35 heavy (non-hydrogen) atoms. The second kappa shape index (κ2) is 8.78. The molecule has 0 spiro atoms. The van der Waals surface area contributed by atoms with E-state index in [-0.39, 0.29) is 23.5 Å². The number of hydrogen-bond acceptors (Lipinski definition) is 6. The molecule has 0 bridgehead atoms. The number of benzene rings is 2. The number of nitrogens with zero attached hydrogens (tertiary/aromatic N) is 5. The molecule has 1 fully saturated rings. The number of amides is 1. The highest BCUT2D eigenvalue weighted by atomic mass is 16.2. The highest BCUT2D eigenvalue weighted by molar-refractivity contribution is 6.07. The first-order valence-corrected chi connectivity index (χ1v) is 12.0. The first kappa shape index (κ1) is 23.0. The Hall–Kier alpha value is -3.78. The highest BCUT2D eigenvalue weighted by Gasteiger charge is 2.52. The fourth-order valence-electron chi connectivity index (χ4n) is 4.71. The number of aromatic nitrogens is 3. The number of carbonyl (C=O) groups is 2. The summed E-state index contributed by atoms with van der Waals surface area (Å²) >= 11 is 0. The zero-order chi connectivity index (χ0) is 24.7. The average molecular weight is 471 g/mol. The second-order valence-corrected chi connectivity index (χ2v) is 9.53. The van der Waals surface area contributed by atoms with Gasteiger partial charge in [-0.3, -0.25) is 14.2 Å². The fourth-order valence-corrected chi connectivity index (χ4v) is 4.71. The van der Waals surface area contributed by atoms with E-state index >= 15 is 0 Å². The van der Waals surface area contributed by atoms with Gasteiger partial charge < -0.3 is 15.5 Å². The molecule has 2 N–H and O–H groups in total. The van der Waals surface area contributed by atoms with Crippen LogP contribution in [0.4, 0.5) is 5.95 Å². The summed E-state index contributed by atoms with van der Waals surface area (Å²) in [6.07, 6.45) is 5.17. The van der Waals surface area contributed by atoms with E-state index in [1.807, 2.05) is 68.4 Å². The molecule has 2 heterocycles. The van der Waals surface area contributed by atoms with Gasteiger partial charge in [-0.2, -0.15) is 0 Å². The van der Waals surface area contributed by atoms with E-state index in [9.17, 15) is 9.59 Å². The van der Waals surface area contributed by atoms with Gasteiger partial charge in [-0.25, -0.2) is 9.97 Å². The van der Waals surface area contributed by atoms with E-state index in [0.29, 0.717) is 24.0 Å². The largest absolute Gasteiger partial charge is 0.368 e. The van der Waals surface area contributed by atoms with Crippen LogP contribution in [0.1, 0.15) is 35.8 Å². The maximum atomic E-state index is 13.6. The minimum absolute atomic E-state index is 0.0448. The van der Waals surface area contributed by atoms with Crippen LogP contribution in [-0.4, -0.2) is 69.9 Å². The average Bonchev–Trinajstić information content (AvgIpc) is 3.55. The molecule has 0 saturated heterocycles. The van der Waals surface area contributed by atoms with Gasteiger partial charge in [0.05, 0.1) is 10.9 Å². The monoisotopic (exact) mass is 470 g/mol. The third-order valence-corrected chi connectivity index (χ3v) is 6.90. The van der Waals surface area contributed by atoms with Gasteiger partial charge in [-0.1, -0.05) is 30.3 Å². The lowest BCUT2D eigenvalue weighted by Crippen LogP contribution is -2.42. The minimum Gasteiger partial charge on any atom is -0.368 e. The van der Waals surface area contributed by atoms with Crippen molar-refractivity contribution in [3.05, 3.63) is 66.1 Å². The van der Waals surface area contributed by atoms with Gasteiger partial charge in [0, 0.05) is 37.4 Å². The minimum atomic E-state index is -0.555. The van der Waals surface area contributed by atoms with E-state index in [4.69, 9.17) is 5.73 Å². The van der Waals surface area contributed by atoms with Crippen LogP contribution in [-0.2, 0) is 10.2 Å². The van der Waals surface area contributed by atoms with Gasteiger partial charge in [-0.05, 0) is 62.3 Å². The Bertz CT molecular complexity index is 1400. The number of fused-ring (bicyclic) bond motifs is 2.